The number of thioether (sulfide) groups is 1. The average Bonchev–Trinajstić information content (AvgIpc) is 2.51. The van der Waals surface area contributed by atoms with Crippen LogP contribution < -0.4 is 5.32 Å². The number of benzene rings is 1. The molecule has 1 N–H and O–H groups in total. The first-order valence-electron chi connectivity index (χ1n) is 8.02. The van der Waals surface area contributed by atoms with Crippen LogP contribution in [0.1, 0.15) is 13.8 Å². The van der Waals surface area contributed by atoms with Gasteiger partial charge in [0.25, 0.3) is 0 Å². The third-order valence-corrected chi connectivity index (χ3v) is 4.77. The minimum absolute atomic E-state index is 0.0274. The smallest absolute Gasteiger partial charge is 0.230 e. The summed E-state index contributed by atoms with van der Waals surface area (Å²) in [4.78, 5) is 15.4. The minimum Gasteiger partial charge on any atom is -0.374 e. The summed E-state index contributed by atoms with van der Waals surface area (Å²) in [5.74, 6) is 1.07. The van der Waals surface area contributed by atoms with E-state index < -0.39 is 0 Å². The molecule has 1 aliphatic rings. The van der Waals surface area contributed by atoms with E-state index in [0.29, 0.717) is 23.2 Å². The van der Waals surface area contributed by atoms with Crippen LogP contribution in [-0.2, 0) is 9.53 Å². The van der Waals surface area contributed by atoms with Gasteiger partial charge in [0.05, 0.1) is 18.5 Å². The number of amides is 1. The molecule has 1 unspecified atom stereocenters. The first kappa shape index (κ1) is 18.6. The Balaban J connectivity index is 1.67. The third kappa shape index (κ3) is 7.12. The van der Waals surface area contributed by atoms with Crippen molar-refractivity contribution in [3.63, 3.8) is 0 Å². The lowest BCUT2D eigenvalue weighted by atomic mass is 10.2. The number of carbonyl (C=O) groups is 1. The van der Waals surface area contributed by atoms with Crippen LogP contribution in [0.2, 0.25) is 5.02 Å². The minimum atomic E-state index is 0.0274. The number of ether oxygens (including phenoxy) is 1. The molecule has 1 atom stereocenters. The molecule has 1 aliphatic heterocycles. The van der Waals surface area contributed by atoms with Crippen molar-refractivity contribution >= 4 is 29.3 Å². The van der Waals surface area contributed by atoms with Gasteiger partial charge in [0.15, 0.2) is 0 Å². The Morgan fingerprint density at radius 1 is 1.52 bits per heavy atom. The highest BCUT2D eigenvalue weighted by Crippen LogP contribution is 2.21. The summed E-state index contributed by atoms with van der Waals surface area (Å²) in [6.07, 6.45) is 0.0858. The maximum absolute atomic E-state index is 12.0. The summed E-state index contributed by atoms with van der Waals surface area (Å²) in [6.45, 7) is 8.71. The standard InChI is InChI=1S/C17H25ClN2O2S/c1-13(2)10-20-6-7-22-15(11-20)9-19-17(21)12-23-16-5-3-4-14(18)8-16/h3-5,8,13,15H,6-7,9-12H2,1-2H3,(H,19,21). The van der Waals surface area contributed by atoms with Crippen molar-refractivity contribution in [1.82, 2.24) is 10.2 Å². The molecule has 1 saturated heterocycles. The molecule has 23 heavy (non-hydrogen) atoms. The summed E-state index contributed by atoms with van der Waals surface area (Å²) in [5.41, 5.74) is 0. The van der Waals surface area contributed by atoms with Crippen LogP contribution in [0.5, 0.6) is 0 Å². The van der Waals surface area contributed by atoms with Crippen LogP contribution in [0.15, 0.2) is 29.2 Å². The fourth-order valence-electron chi connectivity index (χ4n) is 2.57. The van der Waals surface area contributed by atoms with Gasteiger partial charge in [0.1, 0.15) is 0 Å². The van der Waals surface area contributed by atoms with Gasteiger partial charge in [-0.15, -0.1) is 11.8 Å². The van der Waals surface area contributed by atoms with Crippen LogP contribution in [0.3, 0.4) is 0 Å². The number of hydrogen-bond acceptors (Lipinski definition) is 4. The number of nitrogens with zero attached hydrogens (tertiary/aromatic N) is 1. The first-order valence-corrected chi connectivity index (χ1v) is 9.38. The van der Waals surface area contributed by atoms with Crippen molar-refractivity contribution in [3.05, 3.63) is 29.3 Å². The van der Waals surface area contributed by atoms with Gasteiger partial charge in [-0.2, -0.15) is 0 Å². The Morgan fingerprint density at radius 2 is 2.35 bits per heavy atom. The maximum atomic E-state index is 12.0. The van der Waals surface area contributed by atoms with E-state index in [2.05, 4.69) is 24.1 Å². The maximum Gasteiger partial charge on any atom is 0.230 e. The van der Waals surface area contributed by atoms with E-state index >= 15 is 0 Å². The van der Waals surface area contributed by atoms with Crippen molar-refractivity contribution in [2.24, 2.45) is 5.92 Å². The third-order valence-electron chi connectivity index (χ3n) is 3.54. The number of halogens is 1. The van der Waals surface area contributed by atoms with Gasteiger partial charge < -0.3 is 10.1 Å². The predicted octanol–water partition coefficient (Wildman–Crippen LogP) is 2.91. The van der Waals surface area contributed by atoms with Gasteiger partial charge in [-0.25, -0.2) is 0 Å². The molecule has 1 aromatic rings. The molecule has 0 radical (unpaired) electrons. The zero-order valence-corrected chi connectivity index (χ0v) is 15.3. The Bertz CT molecular complexity index is 513. The molecule has 0 spiro atoms. The highest BCUT2D eigenvalue weighted by atomic mass is 35.5. The van der Waals surface area contributed by atoms with Crippen molar-refractivity contribution in [1.29, 1.82) is 0 Å². The zero-order valence-electron chi connectivity index (χ0n) is 13.8. The van der Waals surface area contributed by atoms with Crippen molar-refractivity contribution < 1.29 is 9.53 Å². The summed E-state index contributed by atoms with van der Waals surface area (Å²) >= 11 is 7.43. The summed E-state index contributed by atoms with van der Waals surface area (Å²) in [6, 6.07) is 7.54. The van der Waals surface area contributed by atoms with Crippen LogP contribution in [0.25, 0.3) is 0 Å². The molecule has 6 heteroatoms. The molecule has 1 aromatic carbocycles. The molecule has 128 valence electrons. The highest BCUT2D eigenvalue weighted by Gasteiger charge is 2.21. The van der Waals surface area contributed by atoms with E-state index in [-0.39, 0.29) is 12.0 Å². The number of carbonyl (C=O) groups excluding carboxylic acids is 1. The van der Waals surface area contributed by atoms with Crippen LogP contribution in [-0.4, -0.2) is 55.4 Å². The highest BCUT2D eigenvalue weighted by molar-refractivity contribution is 8.00. The SMILES string of the molecule is CC(C)CN1CCOC(CNC(=O)CSc2cccc(Cl)c2)C1. The van der Waals surface area contributed by atoms with Gasteiger partial charge >= 0.3 is 0 Å². The molecular formula is C17H25ClN2O2S. The second-order valence-corrected chi connectivity index (χ2v) is 7.68. The zero-order chi connectivity index (χ0) is 16.7. The quantitative estimate of drug-likeness (QED) is 0.763. The number of morpholine rings is 1. The molecule has 0 bridgehead atoms. The van der Waals surface area contributed by atoms with Gasteiger partial charge in [0, 0.05) is 36.1 Å². The molecule has 4 nitrogen and oxygen atoms in total. The van der Waals surface area contributed by atoms with Crippen LogP contribution in [0.4, 0.5) is 0 Å². The van der Waals surface area contributed by atoms with Crippen molar-refractivity contribution in [2.45, 2.75) is 24.8 Å². The Morgan fingerprint density at radius 3 is 3.09 bits per heavy atom. The number of nitrogens with one attached hydrogen (secondary N) is 1. The lowest BCUT2D eigenvalue weighted by molar-refractivity contribution is -0.119. The predicted molar refractivity (Wildman–Crippen MR) is 96.2 cm³/mol. The van der Waals surface area contributed by atoms with E-state index in [1.54, 1.807) is 0 Å². The topological polar surface area (TPSA) is 41.6 Å². The fourth-order valence-corrected chi connectivity index (χ4v) is 3.61. The van der Waals surface area contributed by atoms with E-state index in [1.165, 1.54) is 11.8 Å². The molecule has 0 aliphatic carbocycles. The molecule has 0 saturated carbocycles. The lowest BCUT2D eigenvalue weighted by Gasteiger charge is -2.33. The van der Waals surface area contributed by atoms with E-state index in [1.807, 2.05) is 24.3 Å². The largest absolute Gasteiger partial charge is 0.374 e. The number of hydrogen-bond donors (Lipinski definition) is 1. The average molecular weight is 357 g/mol. The lowest BCUT2D eigenvalue weighted by Crippen LogP contribution is -2.48. The van der Waals surface area contributed by atoms with Crippen LogP contribution in [0, 0.1) is 5.92 Å². The summed E-state index contributed by atoms with van der Waals surface area (Å²) in [7, 11) is 0. The molecule has 0 aromatic heterocycles. The summed E-state index contributed by atoms with van der Waals surface area (Å²) < 4.78 is 5.74. The van der Waals surface area contributed by atoms with Gasteiger partial charge in [0.2, 0.25) is 5.91 Å². The van der Waals surface area contributed by atoms with Gasteiger partial charge in [-0.05, 0) is 24.1 Å². The van der Waals surface area contributed by atoms with Gasteiger partial charge in [-0.1, -0.05) is 31.5 Å². The van der Waals surface area contributed by atoms with Crippen molar-refractivity contribution in [3.8, 4) is 0 Å². The Labute approximate surface area is 147 Å². The molecular weight excluding hydrogens is 332 g/mol. The molecule has 1 fully saturated rings. The molecule has 1 heterocycles. The normalized spacial score (nSPS) is 19.0. The molecule has 2 rings (SSSR count). The molecule has 1 amide bonds. The fraction of sp³-hybridized carbons (Fsp3) is 0.588. The van der Waals surface area contributed by atoms with E-state index in [9.17, 15) is 4.79 Å². The first-order chi connectivity index (χ1) is 11.0. The second-order valence-electron chi connectivity index (χ2n) is 6.20. The summed E-state index contributed by atoms with van der Waals surface area (Å²) in [5, 5.41) is 3.66. The monoisotopic (exact) mass is 356 g/mol. The second kappa shape index (κ2) is 9.52. The number of rotatable bonds is 7. The van der Waals surface area contributed by atoms with E-state index in [0.717, 1.165) is 31.1 Å². The Kier molecular flexibility index (Phi) is 7.70. The van der Waals surface area contributed by atoms with E-state index in [4.69, 9.17) is 16.3 Å². The van der Waals surface area contributed by atoms with Crippen LogP contribution >= 0.6 is 23.4 Å². The van der Waals surface area contributed by atoms with Gasteiger partial charge in [-0.3, -0.25) is 9.69 Å². The van der Waals surface area contributed by atoms with Crippen molar-refractivity contribution in [2.75, 3.05) is 38.5 Å². The Hall–Kier alpha value is -0.750.